The van der Waals surface area contributed by atoms with E-state index in [9.17, 15) is 4.79 Å². The van der Waals surface area contributed by atoms with E-state index in [1.165, 1.54) is 0 Å². The molecular weight excluding hydrogens is 166 g/mol. The number of nitrogens with two attached hydrogens (primary N) is 1. The van der Waals surface area contributed by atoms with E-state index in [2.05, 4.69) is 6.92 Å². The first-order valence-electron chi connectivity index (χ1n) is 4.69. The van der Waals surface area contributed by atoms with Crippen molar-refractivity contribution in [1.29, 1.82) is 0 Å². The van der Waals surface area contributed by atoms with Crippen LogP contribution in [-0.2, 0) is 4.79 Å². The van der Waals surface area contributed by atoms with Gasteiger partial charge < -0.3 is 10.8 Å². The second kappa shape index (κ2) is 5.75. The van der Waals surface area contributed by atoms with Gasteiger partial charge in [0.2, 0.25) is 0 Å². The van der Waals surface area contributed by atoms with Crippen LogP contribution in [0.3, 0.4) is 0 Å². The lowest BCUT2D eigenvalue weighted by Gasteiger charge is -2.13. The van der Waals surface area contributed by atoms with Crippen LogP contribution < -0.4 is 5.73 Å². The fourth-order valence-corrected chi connectivity index (χ4v) is 1.26. The summed E-state index contributed by atoms with van der Waals surface area (Å²) in [6.45, 7) is 5.53. The van der Waals surface area contributed by atoms with Crippen molar-refractivity contribution in [2.24, 2.45) is 5.73 Å². The van der Waals surface area contributed by atoms with E-state index in [1.54, 1.807) is 6.92 Å². The summed E-state index contributed by atoms with van der Waals surface area (Å²) in [5.41, 5.74) is 6.97. The van der Waals surface area contributed by atoms with Gasteiger partial charge in [0, 0.05) is 11.6 Å². The fourth-order valence-electron chi connectivity index (χ4n) is 1.26. The van der Waals surface area contributed by atoms with Crippen molar-refractivity contribution in [2.75, 3.05) is 0 Å². The summed E-state index contributed by atoms with van der Waals surface area (Å²) in [6, 6.07) is -0.150. The number of hydrogen-bond acceptors (Lipinski definition) is 2. The normalized spacial score (nSPS) is 15.1. The molecule has 0 aliphatic heterocycles. The van der Waals surface area contributed by atoms with Crippen LogP contribution in [0.25, 0.3) is 0 Å². The predicted octanol–water partition coefficient (Wildman–Crippen LogP) is 1.92. The fraction of sp³-hybridized carbons (Fsp3) is 0.700. The molecule has 0 bridgehead atoms. The number of rotatable bonds is 5. The first-order chi connectivity index (χ1) is 6.00. The molecule has 0 radical (unpaired) electrons. The molecule has 3 N–H and O–H groups in total. The second-order valence-electron chi connectivity index (χ2n) is 3.35. The Balaban J connectivity index is 4.57. The van der Waals surface area contributed by atoms with E-state index in [4.69, 9.17) is 10.8 Å². The molecule has 0 spiro atoms. The van der Waals surface area contributed by atoms with E-state index in [0.29, 0.717) is 5.57 Å². The lowest BCUT2D eigenvalue weighted by molar-refractivity contribution is -0.132. The summed E-state index contributed by atoms with van der Waals surface area (Å²) in [5.74, 6) is -0.858. The standard InChI is InChI=1S/C10H19NO2/c1-4-5-6-9(8(3)11)7(2)10(12)13/h8H,4-6,11H2,1-3H3,(H,12,13). The molecule has 0 saturated carbocycles. The highest BCUT2D eigenvalue weighted by Crippen LogP contribution is 2.15. The van der Waals surface area contributed by atoms with Crippen LogP contribution in [-0.4, -0.2) is 17.1 Å². The number of carboxylic acids is 1. The van der Waals surface area contributed by atoms with Crippen molar-refractivity contribution in [3.8, 4) is 0 Å². The molecule has 76 valence electrons. The summed E-state index contributed by atoms with van der Waals surface area (Å²) < 4.78 is 0. The maximum atomic E-state index is 10.7. The molecule has 3 heteroatoms. The Morgan fingerprint density at radius 3 is 2.38 bits per heavy atom. The van der Waals surface area contributed by atoms with Crippen molar-refractivity contribution < 1.29 is 9.90 Å². The lowest BCUT2D eigenvalue weighted by Crippen LogP contribution is -2.21. The van der Waals surface area contributed by atoms with Crippen molar-refractivity contribution in [3.63, 3.8) is 0 Å². The molecular formula is C10H19NO2. The van der Waals surface area contributed by atoms with Gasteiger partial charge in [-0.15, -0.1) is 0 Å². The molecule has 0 rings (SSSR count). The molecule has 0 aromatic heterocycles. The molecule has 3 nitrogen and oxygen atoms in total. The zero-order valence-corrected chi connectivity index (χ0v) is 8.63. The maximum absolute atomic E-state index is 10.7. The minimum atomic E-state index is -0.858. The Labute approximate surface area is 79.6 Å². The van der Waals surface area contributed by atoms with Crippen LogP contribution in [0.15, 0.2) is 11.1 Å². The number of hydrogen-bond donors (Lipinski definition) is 2. The van der Waals surface area contributed by atoms with E-state index < -0.39 is 5.97 Å². The van der Waals surface area contributed by atoms with Gasteiger partial charge in [0.05, 0.1) is 0 Å². The molecule has 13 heavy (non-hydrogen) atoms. The number of aliphatic carboxylic acids is 1. The van der Waals surface area contributed by atoms with Gasteiger partial charge >= 0.3 is 5.97 Å². The Bertz CT molecular complexity index is 207. The Morgan fingerprint density at radius 1 is 1.54 bits per heavy atom. The molecule has 0 aromatic rings. The summed E-state index contributed by atoms with van der Waals surface area (Å²) in [7, 11) is 0. The maximum Gasteiger partial charge on any atom is 0.331 e. The summed E-state index contributed by atoms with van der Waals surface area (Å²) in [6.07, 6.45) is 2.86. The van der Waals surface area contributed by atoms with E-state index in [-0.39, 0.29) is 6.04 Å². The van der Waals surface area contributed by atoms with Crippen molar-refractivity contribution in [3.05, 3.63) is 11.1 Å². The van der Waals surface area contributed by atoms with E-state index in [1.807, 2.05) is 6.92 Å². The van der Waals surface area contributed by atoms with Crippen LogP contribution in [0.1, 0.15) is 40.0 Å². The largest absolute Gasteiger partial charge is 0.478 e. The third-order valence-electron chi connectivity index (χ3n) is 2.15. The van der Waals surface area contributed by atoms with Gasteiger partial charge in [-0.1, -0.05) is 13.3 Å². The van der Waals surface area contributed by atoms with E-state index >= 15 is 0 Å². The van der Waals surface area contributed by atoms with Crippen molar-refractivity contribution >= 4 is 5.97 Å². The highest BCUT2D eigenvalue weighted by atomic mass is 16.4. The lowest BCUT2D eigenvalue weighted by atomic mass is 9.98. The van der Waals surface area contributed by atoms with Gasteiger partial charge in [-0.05, 0) is 32.3 Å². The summed E-state index contributed by atoms with van der Waals surface area (Å²) in [5, 5.41) is 8.79. The van der Waals surface area contributed by atoms with Crippen LogP contribution in [0.4, 0.5) is 0 Å². The van der Waals surface area contributed by atoms with Gasteiger partial charge in [0.1, 0.15) is 0 Å². The van der Waals surface area contributed by atoms with Crippen LogP contribution in [0, 0.1) is 0 Å². The molecule has 0 aliphatic rings. The van der Waals surface area contributed by atoms with Gasteiger partial charge in [-0.2, -0.15) is 0 Å². The Hall–Kier alpha value is -0.830. The van der Waals surface area contributed by atoms with Gasteiger partial charge in [-0.25, -0.2) is 4.79 Å². The van der Waals surface area contributed by atoms with E-state index in [0.717, 1.165) is 24.8 Å². The molecule has 0 amide bonds. The third kappa shape index (κ3) is 4.08. The Kier molecular flexibility index (Phi) is 5.39. The Morgan fingerprint density at radius 2 is 2.08 bits per heavy atom. The molecule has 1 unspecified atom stereocenters. The third-order valence-corrected chi connectivity index (χ3v) is 2.15. The van der Waals surface area contributed by atoms with Crippen molar-refractivity contribution in [2.45, 2.75) is 46.1 Å². The molecule has 1 atom stereocenters. The highest BCUT2D eigenvalue weighted by molar-refractivity contribution is 5.87. The zero-order valence-electron chi connectivity index (χ0n) is 8.63. The minimum Gasteiger partial charge on any atom is -0.478 e. The molecule has 0 aromatic carbocycles. The zero-order chi connectivity index (χ0) is 10.4. The average molecular weight is 185 g/mol. The second-order valence-corrected chi connectivity index (χ2v) is 3.35. The highest BCUT2D eigenvalue weighted by Gasteiger charge is 2.12. The summed E-state index contributed by atoms with van der Waals surface area (Å²) in [4.78, 5) is 10.7. The monoisotopic (exact) mass is 185 g/mol. The SMILES string of the molecule is CCCCC(=C(C)C(=O)O)C(C)N. The first kappa shape index (κ1) is 12.2. The van der Waals surface area contributed by atoms with Crippen molar-refractivity contribution in [1.82, 2.24) is 0 Å². The van der Waals surface area contributed by atoms with Gasteiger partial charge in [0.15, 0.2) is 0 Å². The quantitative estimate of drug-likeness (QED) is 0.643. The first-order valence-corrected chi connectivity index (χ1v) is 4.69. The predicted molar refractivity (Wildman–Crippen MR) is 53.5 cm³/mol. The number of carboxylic acid groups (broad SMARTS) is 1. The van der Waals surface area contributed by atoms with Gasteiger partial charge in [-0.3, -0.25) is 0 Å². The van der Waals surface area contributed by atoms with Crippen LogP contribution in [0.5, 0.6) is 0 Å². The van der Waals surface area contributed by atoms with Gasteiger partial charge in [0.25, 0.3) is 0 Å². The molecule has 0 aliphatic carbocycles. The summed E-state index contributed by atoms with van der Waals surface area (Å²) >= 11 is 0. The molecule has 0 heterocycles. The minimum absolute atomic E-state index is 0.150. The average Bonchev–Trinajstić information content (AvgIpc) is 2.04. The smallest absolute Gasteiger partial charge is 0.331 e. The van der Waals surface area contributed by atoms with Crippen LogP contribution in [0.2, 0.25) is 0 Å². The van der Waals surface area contributed by atoms with Crippen LogP contribution >= 0.6 is 0 Å². The molecule has 0 saturated heterocycles. The number of unbranched alkanes of at least 4 members (excludes halogenated alkanes) is 1. The number of carbonyl (C=O) groups is 1. The topological polar surface area (TPSA) is 63.3 Å². The molecule has 0 fully saturated rings.